The van der Waals surface area contributed by atoms with E-state index in [2.05, 4.69) is 4.98 Å². The Morgan fingerprint density at radius 3 is 2.29 bits per heavy atom. The summed E-state index contributed by atoms with van der Waals surface area (Å²) in [5.74, 6) is -0.243. The number of rotatable bonds is 5. The molecule has 0 aliphatic heterocycles. The smallest absolute Gasteiger partial charge is 0.255 e. The van der Waals surface area contributed by atoms with Gasteiger partial charge < -0.3 is 4.90 Å². The van der Waals surface area contributed by atoms with Crippen LogP contribution in [0.2, 0.25) is 0 Å². The van der Waals surface area contributed by atoms with E-state index in [0.717, 1.165) is 11.3 Å². The Hall–Kier alpha value is -2.23. The maximum absolute atomic E-state index is 12.9. The summed E-state index contributed by atoms with van der Waals surface area (Å²) in [6.07, 6.45) is 2.24. The zero-order chi connectivity index (χ0) is 15.2. The molecule has 0 aliphatic rings. The van der Waals surface area contributed by atoms with Crippen LogP contribution in [0.25, 0.3) is 0 Å². The number of aromatic nitrogens is 1. The Bertz CT molecular complexity index is 589. The van der Waals surface area contributed by atoms with Crippen molar-refractivity contribution in [1.82, 2.24) is 9.88 Å². The Balaban J connectivity index is 2.08. The van der Waals surface area contributed by atoms with Gasteiger partial charge in [-0.05, 0) is 43.7 Å². The Morgan fingerprint density at radius 1 is 1.10 bits per heavy atom. The van der Waals surface area contributed by atoms with Crippen molar-refractivity contribution in [3.8, 4) is 0 Å². The van der Waals surface area contributed by atoms with Crippen LogP contribution in [0.15, 0.2) is 42.6 Å². The van der Waals surface area contributed by atoms with Crippen molar-refractivity contribution in [1.29, 1.82) is 0 Å². The first kappa shape index (κ1) is 15.2. The van der Waals surface area contributed by atoms with E-state index in [1.807, 2.05) is 19.9 Å². The summed E-state index contributed by atoms with van der Waals surface area (Å²) >= 11 is 0. The quantitative estimate of drug-likeness (QED) is 0.845. The molecule has 0 saturated heterocycles. The number of carbonyl (C=O) groups excluding carboxylic acids is 1. The van der Waals surface area contributed by atoms with Crippen LogP contribution in [0.5, 0.6) is 0 Å². The molecule has 1 aromatic carbocycles. The minimum absolute atomic E-state index is 0.000771. The van der Waals surface area contributed by atoms with Crippen LogP contribution in [-0.4, -0.2) is 28.9 Å². The number of nitrogens with zero attached hydrogens (tertiary/aromatic N) is 2. The normalized spacial score (nSPS) is 10.4. The van der Waals surface area contributed by atoms with Crippen molar-refractivity contribution in [3.63, 3.8) is 0 Å². The minimum Gasteiger partial charge on any atom is -0.339 e. The van der Waals surface area contributed by atoms with Crippen molar-refractivity contribution < 1.29 is 9.18 Å². The molecule has 1 heterocycles. The number of amides is 1. The van der Waals surface area contributed by atoms with Gasteiger partial charge in [0.05, 0.1) is 5.56 Å². The van der Waals surface area contributed by atoms with Gasteiger partial charge in [0.2, 0.25) is 0 Å². The molecular weight excluding hydrogens is 267 g/mol. The van der Waals surface area contributed by atoms with E-state index in [1.54, 1.807) is 29.3 Å². The van der Waals surface area contributed by atoms with E-state index in [-0.39, 0.29) is 11.7 Å². The summed E-state index contributed by atoms with van der Waals surface area (Å²) < 4.78 is 12.9. The van der Waals surface area contributed by atoms with Crippen LogP contribution < -0.4 is 0 Å². The molecule has 0 saturated carbocycles. The molecule has 2 rings (SSSR count). The first-order valence-electron chi connectivity index (χ1n) is 7.12. The molecule has 110 valence electrons. The second-order valence-corrected chi connectivity index (χ2v) is 4.82. The summed E-state index contributed by atoms with van der Waals surface area (Å²) in [7, 11) is 0. The third-order valence-electron chi connectivity index (χ3n) is 3.42. The van der Waals surface area contributed by atoms with Crippen LogP contribution in [0, 0.1) is 5.82 Å². The number of pyridine rings is 1. The lowest BCUT2D eigenvalue weighted by Crippen LogP contribution is -2.30. The zero-order valence-corrected chi connectivity index (χ0v) is 12.3. The number of carbonyl (C=O) groups is 1. The largest absolute Gasteiger partial charge is 0.339 e. The van der Waals surface area contributed by atoms with Crippen LogP contribution >= 0.6 is 0 Å². The van der Waals surface area contributed by atoms with Crippen molar-refractivity contribution >= 4 is 5.91 Å². The van der Waals surface area contributed by atoms with E-state index in [4.69, 9.17) is 0 Å². The van der Waals surface area contributed by atoms with Gasteiger partial charge >= 0.3 is 0 Å². The Labute approximate surface area is 124 Å². The van der Waals surface area contributed by atoms with Gasteiger partial charge in [-0.3, -0.25) is 9.78 Å². The molecule has 0 aliphatic carbocycles. The number of benzene rings is 1. The highest BCUT2D eigenvalue weighted by Crippen LogP contribution is 2.10. The summed E-state index contributed by atoms with van der Waals surface area (Å²) in [5.41, 5.74) is 2.45. The fraction of sp³-hybridized carbons (Fsp3) is 0.294. The standard InChI is InChI=1S/C17H19FN2O/c1-3-20(4-2)17(21)14-7-10-16(19-12-14)11-13-5-8-15(18)9-6-13/h5-10,12H,3-4,11H2,1-2H3. The molecule has 0 atom stereocenters. The molecule has 1 amide bonds. The van der Waals surface area contributed by atoms with Crippen LogP contribution in [0.3, 0.4) is 0 Å². The summed E-state index contributed by atoms with van der Waals surface area (Å²) in [5, 5.41) is 0. The number of hydrogen-bond acceptors (Lipinski definition) is 2. The van der Waals surface area contributed by atoms with E-state index in [0.29, 0.717) is 25.1 Å². The van der Waals surface area contributed by atoms with Gasteiger partial charge in [-0.25, -0.2) is 4.39 Å². The van der Waals surface area contributed by atoms with Gasteiger partial charge in [-0.15, -0.1) is 0 Å². The molecule has 0 fully saturated rings. The Morgan fingerprint density at radius 2 is 1.76 bits per heavy atom. The first-order valence-corrected chi connectivity index (χ1v) is 7.12. The van der Waals surface area contributed by atoms with Gasteiger partial charge in [0.25, 0.3) is 5.91 Å². The van der Waals surface area contributed by atoms with E-state index in [9.17, 15) is 9.18 Å². The maximum atomic E-state index is 12.9. The predicted molar refractivity (Wildman–Crippen MR) is 80.7 cm³/mol. The minimum atomic E-state index is -0.244. The van der Waals surface area contributed by atoms with Gasteiger partial charge in [-0.1, -0.05) is 12.1 Å². The second-order valence-electron chi connectivity index (χ2n) is 4.82. The van der Waals surface area contributed by atoms with Crippen molar-refractivity contribution in [2.24, 2.45) is 0 Å². The highest BCUT2D eigenvalue weighted by Gasteiger charge is 2.12. The average Bonchev–Trinajstić information content (AvgIpc) is 2.51. The fourth-order valence-corrected chi connectivity index (χ4v) is 2.16. The summed E-state index contributed by atoms with van der Waals surface area (Å²) in [6, 6.07) is 10.0. The topological polar surface area (TPSA) is 33.2 Å². The predicted octanol–water partition coefficient (Wildman–Crippen LogP) is 3.29. The summed E-state index contributed by atoms with van der Waals surface area (Å²) in [6.45, 7) is 5.29. The highest BCUT2D eigenvalue weighted by molar-refractivity contribution is 5.93. The lowest BCUT2D eigenvalue weighted by molar-refractivity contribution is 0.0772. The molecule has 3 nitrogen and oxygen atoms in total. The third-order valence-corrected chi connectivity index (χ3v) is 3.42. The number of halogens is 1. The fourth-order valence-electron chi connectivity index (χ4n) is 2.16. The lowest BCUT2D eigenvalue weighted by Gasteiger charge is -2.18. The highest BCUT2D eigenvalue weighted by atomic mass is 19.1. The first-order chi connectivity index (χ1) is 10.1. The lowest BCUT2D eigenvalue weighted by atomic mass is 10.1. The maximum Gasteiger partial charge on any atom is 0.255 e. The number of hydrogen-bond donors (Lipinski definition) is 0. The zero-order valence-electron chi connectivity index (χ0n) is 12.3. The van der Waals surface area contributed by atoms with Gasteiger partial charge in [0.1, 0.15) is 5.82 Å². The Kier molecular flexibility index (Phi) is 5.04. The van der Waals surface area contributed by atoms with Crippen LogP contribution in [0.1, 0.15) is 35.5 Å². The van der Waals surface area contributed by atoms with Crippen LogP contribution in [0.4, 0.5) is 4.39 Å². The monoisotopic (exact) mass is 286 g/mol. The summed E-state index contributed by atoms with van der Waals surface area (Å²) in [4.78, 5) is 18.2. The molecule has 21 heavy (non-hydrogen) atoms. The molecule has 4 heteroatoms. The van der Waals surface area contributed by atoms with E-state index in [1.165, 1.54) is 12.1 Å². The molecule has 0 spiro atoms. The van der Waals surface area contributed by atoms with E-state index >= 15 is 0 Å². The van der Waals surface area contributed by atoms with Crippen molar-refractivity contribution in [2.75, 3.05) is 13.1 Å². The van der Waals surface area contributed by atoms with Gasteiger partial charge in [0, 0.05) is 31.4 Å². The molecule has 1 aromatic heterocycles. The molecule has 2 aromatic rings. The van der Waals surface area contributed by atoms with E-state index < -0.39 is 0 Å². The second kappa shape index (κ2) is 6.97. The molecule has 0 N–H and O–H groups in total. The molecule has 0 bridgehead atoms. The molecule has 0 unspecified atom stereocenters. The van der Waals surface area contributed by atoms with Crippen molar-refractivity contribution in [3.05, 3.63) is 65.2 Å². The molecule has 0 radical (unpaired) electrons. The SMILES string of the molecule is CCN(CC)C(=O)c1ccc(Cc2ccc(F)cc2)nc1. The van der Waals surface area contributed by atoms with Gasteiger partial charge in [-0.2, -0.15) is 0 Å². The third kappa shape index (κ3) is 3.88. The molecular formula is C17H19FN2O. The van der Waals surface area contributed by atoms with Gasteiger partial charge in [0.15, 0.2) is 0 Å². The van der Waals surface area contributed by atoms with Crippen LogP contribution in [-0.2, 0) is 6.42 Å². The average molecular weight is 286 g/mol. The van der Waals surface area contributed by atoms with Crippen molar-refractivity contribution in [2.45, 2.75) is 20.3 Å².